The van der Waals surface area contributed by atoms with Crippen LogP contribution in [0.1, 0.15) is 59.8 Å². The Hall–Kier alpha value is -2.88. The maximum absolute atomic E-state index is 14.3. The van der Waals surface area contributed by atoms with Crippen LogP contribution in [0.3, 0.4) is 0 Å². The number of ether oxygens (including phenoxy) is 4. The van der Waals surface area contributed by atoms with Crippen molar-refractivity contribution in [1.82, 2.24) is 4.31 Å². The highest BCUT2D eigenvalue weighted by Gasteiger charge is 2.30. The molecule has 0 aliphatic carbocycles. The Morgan fingerprint density at radius 3 is 2.24 bits per heavy atom. The fourth-order valence-electron chi connectivity index (χ4n) is 3.26. The fraction of sp³-hybridized carbons (Fsp3) is 0.448. The summed E-state index contributed by atoms with van der Waals surface area (Å²) in [4.78, 5) is 0.616. The van der Waals surface area contributed by atoms with Crippen LogP contribution < -0.4 is 14.2 Å². The number of nitrogens with zero attached hydrogens (tertiary/aromatic N) is 1. The Morgan fingerprint density at radius 2 is 1.74 bits per heavy atom. The molecule has 0 saturated carbocycles. The predicted molar refractivity (Wildman–Crippen MR) is 151 cm³/mol. The summed E-state index contributed by atoms with van der Waals surface area (Å²) in [7, 11) is 0.176. The van der Waals surface area contributed by atoms with Gasteiger partial charge in [0, 0.05) is 25.2 Å². The summed E-state index contributed by atoms with van der Waals surface area (Å²) in [5, 5.41) is 7.86. The van der Waals surface area contributed by atoms with Crippen LogP contribution in [0, 0.1) is 5.82 Å². The molecule has 0 spiro atoms. The molecule has 0 bridgehead atoms. The summed E-state index contributed by atoms with van der Waals surface area (Å²) in [5.74, 6) is 1.06. The number of aliphatic hydroxyl groups excluding tert-OH is 1. The third-order valence-electron chi connectivity index (χ3n) is 4.86. The number of methoxy groups -OCH3 is 1. The highest BCUT2D eigenvalue weighted by atomic mass is 32.2. The lowest BCUT2D eigenvalue weighted by molar-refractivity contribution is 0.0453. The minimum atomic E-state index is -1.30. The van der Waals surface area contributed by atoms with Gasteiger partial charge < -0.3 is 24.1 Å². The number of morpholine rings is 1. The molecule has 7 nitrogen and oxygen atoms in total. The summed E-state index contributed by atoms with van der Waals surface area (Å²) in [6.45, 7) is 17.4. The molecular formula is C29H42FNO6S. The third kappa shape index (κ3) is 10.8. The zero-order valence-electron chi connectivity index (χ0n) is 23.6. The van der Waals surface area contributed by atoms with Gasteiger partial charge in [-0.2, -0.15) is 0 Å². The van der Waals surface area contributed by atoms with Gasteiger partial charge in [0.1, 0.15) is 22.6 Å². The average Bonchev–Trinajstić information content (AvgIpc) is 3.33. The standard InChI is InChI=1S/C18H18FNO5S.C6H12.C3H6O.C2H6/c1-22-12-2-4-14(15(19)10-12)18-24-16-5-3-13(11-17(16)25-18)26(21)20-6-8-23-9-7-20;1-4-5-6(2)3;1-3(2)4;1-2/h2-5,10-11,18H,6-9H2,1H3;5H,4H2,1-3H3;4H,1H2,2H3;1-2H3. The van der Waals surface area contributed by atoms with Crippen molar-refractivity contribution >= 4 is 11.0 Å². The number of rotatable bonds is 5. The molecule has 1 fully saturated rings. The minimum absolute atomic E-state index is 0.167. The molecule has 2 unspecified atom stereocenters. The molecule has 38 heavy (non-hydrogen) atoms. The Balaban J connectivity index is 0.000000511. The van der Waals surface area contributed by atoms with Crippen LogP contribution in [-0.2, 0) is 15.7 Å². The van der Waals surface area contributed by atoms with E-state index in [-0.39, 0.29) is 11.3 Å². The maximum atomic E-state index is 14.3. The van der Waals surface area contributed by atoms with Crippen molar-refractivity contribution in [3.05, 3.63) is 71.8 Å². The zero-order chi connectivity index (χ0) is 28.7. The molecule has 4 rings (SSSR count). The number of hydrogen-bond acceptors (Lipinski definition) is 6. The topological polar surface area (TPSA) is 77.5 Å². The second-order valence-electron chi connectivity index (χ2n) is 8.28. The minimum Gasteiger partial charge on any atom is -0.513 e. The first kappa shape index (κ1) is 33.1. The molecule has 212 valence electrons. The largest absolute Gasteiger partial charge is 0.513 e. The SMILES string of the molecule is C=C(C)O.CC.CCC=C(C)C.COc1ccc(C2Oc3ccc(S(=O)N4CCOCC4)cc3O2)c(F)c1. The van der Waals surface area contributed by atoms with Crippen LogP contribution in [0.5, 0.6) is 17.2 Å². The number of halogens is 1. The zero-order valence-corrected chi connectivity index (χ0v) is 24.4. The molecule has 9 heteroatoms. The van der Waals surface area contributed by atoms with Gasteiger partial charge >= 0.3 is 0 Å². The number of hydrogen-bond donors (Lipinski definition) is 1. The van der Waals surface area contributed by atoms with Gasteiger partial charge in [-0.1, -0.05) is 39.0 Å². The fourth-order valence-corrected chi connectivity index (χ4v) is 4.44. The van der Waals surface area contributed by atoms with Crippen molar-refractivity contribution in [3.8, 4) is 17.2 Å². The van der Waals surface area contributed by atoms with Gasteiger partial charge in [0.2, 0.25) is 0 Å². The average molecular weight is 552 g/mol. The predicted octanol–water partition coefficient (Wildman–Crippen LogP) is 7.13. The van der Waals surface area contributed by atoms with Crippen molar-refractivity contribution in [3.63, 3.8) is 0 Å². The highest BCUT2D eigenvalue weighted by Crippen LogP contribution is 2.42. The molecule has 1 N–H and O–H groups in total. The van der Waals surface area contributed by atoms with E-state index in [1.807, 2.05) is 18.2 Å². The lowest BCUT2D eigenvalue weighted by Crippen LogP contribution is -2.37. The van der Waals surface area contributed by atoms with Gasteiger partial charge in [0.05, 0.1) is 36.5 Å². The molecule has 1 saturated heterocycles. The molecular weight excluding hydrogens is 509 g/mol. The van der Waals surface area contributed by atoms with E-state index >= 15 is 0 Å². The van der Waals surface area contributed by atoms with Crippen LogP contribution in [-0.4, -0.2) is 47.0 Å². The van der Waals surface area contributed by atoms with E-state index in [0.717, 1.165) is 0 Å². The van der Waals surface area contributed by atoms with E-state index < -0.39 is 23.1 Å². The van der Waals surface area contributed by atoms with E-state index in [1.54, 1.807) is 30.3 Å². The lowest BCUT2D eigenvalue weighted by atomic mass is 10.2. The van der Waals surface area contributed by atoms with Crippen molar-refractivity contribution in [2.75, 3.05) is 33.4 Å². The van der Waals surface area contributed by atoms with Crippen LogP contribution in [0.25, 0.3) is 0 Å². The second-order valence-corrected chi connectivity index (χ2v) is 9.77. The molecule has 2 aliphatic heterocycles. The number of aliphatic hydroxyl groups is 1. The van der Waals surface area contributed by atoms with E-state index in [1.165, 1.54) is 32.1 Å². The molecule has 2 aromatic carbocycles. The molecule has 2 aliphatic rings. The quantitative estimate of drug-likeness (QED) is 0.315. The Kier molecular flexibility index (Phi) is 15.3. The smallest absolute Gasteiger partial charge is 0.270 e. The van der Waals surface area contributed by atoms with E-state index in [0.29, 0.717) is 48.4 Å². The number of benzene rings is 2. The first-order valence-corrected chi connectivity index (χ1v) is 13.8. The van der Waals surface area contributed by atoms with E-state index in [9.17, 15) is 8.60 Å². The molecule has 0 aromatic heterocycles. The van der Waals surface area contributed by atoms with Gasteiger partial charge in [-0.25, -0.2) is 12.9 Å². The summed E-state index contributed by atoms with van der Waals surface area (Å²) in [5.41, 5.74) is 1.69. The normalized spacial score (nSPS) is 16.3. The molecule has 2 aromatic rings. The van der Waals surface area contributed by atoms with Crippen molar-refractivity contribution < 1.29 is 32.7 Å². The summed E-state index contributed by atoms with van der Waals surface area (Å²) in [6.07, 6.45) is 2.49. The van der Waals surface area contributed by atoms with Crippen molar-refractivity contribution in [2.45, 2.75) is 59.1 Å². The Bertz CT molecular complexity index is 1060. The summed E-state index contributed by atoms with van der Waals surface area (Å²) < 4.78 is 50.5. The van der Waals surface area contributed by atoms with E-state index in [4.69, 9.17) is 24.1 Å². The molecule has 0 radical (unpaired) electrons. The van der Waals surface area contributed by atoms with Gasteiger partial charge in [0.25, 0.3) is 6.29 Å². The first-order chi connectivity index (χ1) is 18.2. The molecule has 0 amide bonds. The van der Waals surface area contributed by atoms with Crippen molar-refractivity contribution in [2.24, 2.45) is 0 Å². The molecule has 2 atom stereocenters. The van der Waals surface area contributed by atoms with Gasteiger partial charge in [0.15, 0.2) is 11.5 Å². The van der Waals surface area contributed by atoms with Crippen LogP contribution in [0.4, 0.5) is 4.39 Å². The van der Waals surface area contributed by atoms with Crippen LogP contribution in [0.15, 0.2) is 65.3 Å². The van der Waals surface area contributed by atoms with Gasteiger partial charge in [-0.15, -0.1) is 0 Å². The summed E-state index contributed by atoms with van der Waals surface area (Å²) in [6, 6.07) is 9.61. The monoisotopic (exact) mass is 551 g/mol. The lowest BCUT2D eigenvalue weighted by Gasteiger charge is -2.25. The van der Waals surface area contributed by atoms with Crippen molar-refractivity contribution in [1.29, 1.82) is 0 Å². The number of allylic oxidation sites excluding steroid dienone is 3. The third-order valence-corrected chi connectivity index (χ3v) is 6.35. The maximum Gasteiger partial charge on any atom is 0.270 e. The van der Waals surface area contributed by atoms with Crippen LogP contribution >= 0.6 is 0 Å². The van der Waals surface area contributed by atoms with Gasteiger partial charge in [-0.3, -0.25) is 0 Å². The van der Waals surface area contributed by atoms with Crippen LogP contribution in [0.2, 0.25) is 0 Å². The van der Waals surface area contributed by atoms with Gasteiger partial charge in [-0.05, 0) is 51.5 Å². The first-order valence-electron chi connectivity index (χ1n) is 12.7. The molecule has 2 heterocycles. The van der Waals surface area contributed by atoms with E-state index in [2.05, 4.69) is 33.4 Å². The Labute approximate surface area is 229 Å². The second kappa shape index (κ2) is 17.6. The Morgan fingerprint density at radius 1 is 1.13 bits per heavy atom. The highest BCUT2D eigenvalue weighted by molar-refractivity contribution is 7.82. The number of fused-ring (bicyclic) bond motifs is 1. The summed E-state index contributed by atoms with van der Waals surface area (Å²) >= 11 is 0.